The zero-order valence-corrected chi connectivity index (χ0v) is 11.3. The van der Waals surface area contributed by atoms with Gasteiger partial charge in [-0.1, -0.05) is 30.3 Å². The first-order chi connectivity index (χ1) is 5.58. The van der Waals surface area contributed by atoms with Gasteiger partial charge < -0.3 is 0 Å². The molecule has 64 valence electrons. The minimum Gasteiger partial charge on any atom is -0.225 e. The maximum Gasteiger partial charge on any atom is 1.00 e. The van der Waals surface area contributed by atoms with E-state index in [2.05, 4.69) is 0 Å². The molecule has 3 nitrogen and oxygen atoms in total. The number of primary sulfonamides is 1. The van der Waals surface area contributed by atoms with Crippen molar-refractivity contribution >= 4 is 16.1 Å². The summed E-state index contributed by atoms with van der Waals surface area (Å²) in [6.07, 6.45) is 1.45. The van der Waals surface area contributed by atoms with Gasteiger partial charge >= 0.3 is 51.4 Å². The van der Waals surface area contributed by atoms with Crippen LogP contribution in [0.3, 0.4) is 0 Å². The minimum atomic E-state index is -3.50. The van der Waals surface area contributed by atoms with Crippen LogP contribution in [-0.4, -0.2) is 8.42 Å². The van der Waals surface area contributed by atoms with Crippen molar-refractivity contribution in [2.24, 2.45) is 5.14 Å². The van der Waals surface area contributed by atoms with Crippen molar-refractivity contribution in [3.05, 3.63) is 41.3 Å². The molecule has 0 amide bonds. The molecule has 1 rings (SSSR count). The van der Waals surface area contributed by atoms with Crippen molar-refractivity contribution in [3.8, 4) is 0 Å². The van der Waals surface area contributed by atoms with Crippen LogP contribution in [0, 0.1) is 0 Å². The molecule has 0 atom stereocenters. The Kier molecular flexibility index (Phi) is 6.31. The van der Waals surface area contributed by atoms with Gasteiger partial charge in [-0.15, -0.1) is 0 Å². The van der Waals surface area contributed by atoms with E-state index in [-0.39, 0.29) is 51.4 Å². The molecule has 0 aliphatic heterocycles. The molecule has 0 unspecified atom stereocenters. The fourth-order valence-electron chi connectivity index (χ4n) is 0.738. The molecule has 0 saturated carbocycles. The number of hydrogen-bond donors (Lipinski definition) is 1. The predicted octanol–water partition coefficient (Wildman–Crippen LogP) is -2.05. The summed E-state index contributed by atoms with van der Waals surface area (Å²) in [5.41, 5.74) is 0.812. The van der Waals surface area contributed by atoms with Crippen LogP contribution in [0.15, 0.2) is 35.7 Å². The van der Waals surface area contributed by atoms with Crippen molar-refractivity contribution in [1.82, 2.24) is 0 Å². The third-order valence-corrected chi connectivity index (χ3v) is 1.77. The van der Waals surface area contributed by atoms with E-state index in [9.17, 15) is 8.42 Å². The fraction of sp³-hybridized carbons (Fsp3) is 0. The molecule has 0 radical (unpaired) electrons. The predicted molar refractivity (Wildman–Crippen MR) is 48.6 cm³/mol. The molecule has 1 aromatic carbocycles. The maximum atomic E-state index is 10.5. The normalized spacial score (nSPS) is 11.2. The van der Waals surface area contributed by atoms with Crippen LogP contribution in [0.1, 0.15) is 5.56 Å². The van der Waals surface area contributed by atoms with Gasteiger partial charge in [-0.25, -0.2) is 13.6 Å². The van der Waals surface area contributed by atoms with Crippen LogP contribution < -0.4 is 56.5 Å². The first-order valence-electron chi connectivity index (χ1n) is 3.34. The fourth-order valence-corrected chi connectivity index (χ4v) is 1.08. The summed E-state index contributed by atoms with van der Waals surface area (Å²) in [4.78, 5) is 0. The average molecular weight is 222 g/mol. The van der Waals surface area contributed by atoms with Crippen LogP contribution in [0.5, 0.6) is 0 Å². The monoisotopic (exact) mass is 222 g/mol. The summed E-state index contributed by atoms with van der Waals surface area (Å²) < 4.78 is 21.0. The number of rotatable bonds is 2. The van der Waals surface area contributed by atoms with Gasteiger partial charge in [-0.3, -0.25) is 0 Å². The SMILES string of the molecule is NS(=O)(=O)/C=C/c1ccccc1.[K+]. The molecule has 0 aliphatic rings. The van der Waals surface area contributed by atoms with Crippen molar-refractivity contribution in [2.45, 2.75) is 0 Å². The summed E-state index contributed by atoms with van der Waals surface area (Å²) in [6.45, 7) is 0. The standard InChI is InChI=1S/C8H9NO2S.K/c9-12(10,11)7-6-8-4-2-1-3-5-8;/h1-7H,(H2,9,10,11);/q;+1/b7-6+;. The molecule has 13 heavy (non-hydrogen) atoms. The van der Waals surface area contributed by atoms with Crippen LogP contribution >= 0.6 is 0 Å². The molecular weight excluding hydrogens is 213 g/mol. The van der Waals surface area contributed by atoms with E-state index in [0.29, 0.717) is 0 Å². The third-order valence-electron chi connectivity index (χ3n) is 1.25. The number of benzene rings is 1. The molecule has 0 bridgehead atoms. The quantitative estimate of drug-likeness (QED) is 0.586. The minimum absolute atomic E-state index is 0. The summed E-state index contributed by atoms with van der Waals surface area (Å²) in [5.74, 6) is 0. The zero-order valence-electron chi connectivity index (χ0n) is 7.34. The molecular formula is C8H9KNO2S+. The first-order valence-corrected chi connectivity index (χ1v) is 4.95. The van der Waals surface area contributed by atoms with Crippen LogP contribution in [0.25, 0.3) is 6.08 Å². The Labute approximate surface area is 120 Å². The smallest absolute Gasteiger partial charge is 0.225 e. The second-order valence-corrected chi connectivity index (χ2v) is 3.75. The van der Waals surface area contributed by atoms with Gasteiger partial charge in [0.15, 0.2) is 0 Å². The second-order valence-electron chi connectivity index (χ2n) is 2.30. The van der Waals surface area contributed by atoms with Crippen LogP contribution in [-0.2, 0) is 10.0 Å². The van der Waals surface area contributed by atoms with Gasteiger partial charge in [-0.05, 0) is 11.6 Å². The van der Waals surface area contributed by atoms with Gasteiger partial charge in [0.2, 0.25) is 10.0 Å². The van der Waals surface area contributed by atoms with Gasteiger partial charge in [0.05, 0.1) is 0 Å². The summed E-state index contributed by atoms with van der Waals surface area (Å²) in [6, 6.07) is 9.09. The van der Waals surface area contributed by atoms with Gasteiger partial charge in [0.1, 0.15) is 0 Å². The molecule has 0 saturated heterocycles. The van der Waals surface area contributed by atoms with Crippen molar-refractivity contribution in [2.75, 3.05) is 0 Å². The molecule has 0 fully saturated rings. The number of sulfonamides is 1. The third kappa shape index (κ3) is 6.56. The molecule has 2 N–H and O–H groups in total. The summed E-state index contributed by atoms with van der Waals surface area (Å²) >= 11 is 0. The Morgan fingerprint density at radius 1 is 1.15 bits per heavy atom. The van der Waals surface area contributed by atoms with E-state index >= 15 is 0 Å². The molecule has 1 aromatic rings. The van der Waals surface area contributed by atoms with Crippen molar-refractivity contribution in [1.29, 1.82) is 0 Å². The zero-order chi connectivity index (χ0) is 9.03. The molecule has 0 aliphatic carbocycles. The van der Waals surface area contributed by atoms with Crippen molar-refractivity contribution < 1.29 is 59.8 Å². The largest absolute Gasteiger partial charge is 1.00 e. The number of nitrogens with two attached hydrogens (primary N) is 1. The molecule has 0 spiro atoms. The summed E-state index contributed by atoms with van der Waals surface area (Å²) in [5, 5.41) is 5.74. The maximum absolute atomic E-state index is 10.5. The van der Waals surface area contributed by atoms with E-state index in [4.69, 9.17) is 5.14 Å². The molecule has 0 heterocycles. The van der Waals surface area contributed by atoms with E-state index in [1.54, 1.807) is 12.1 Å². The van der Waals surface area contributed by atoms with E-state index in [1.165, 1.54) is 6.08 Å². The Morgan fingerprint density at radius 2 is 1.69 bits per heavy atom. The van der Waals surface area contributed by atoms with E-state index in [0.717, 1.165) is 11.0 Å². The van der Waals surface area contributed by atoms with Crippen molar-refractivity contribution in [3.63, 3.8) is 0 Å². The average Bonchev–Trinajstić information content (AvgIpc) is 2.02. The Balaban J connectivity index is 0.00000144. The van der Waals surface area contributed by atoms with Gasteiger partial charge in [0, 0.05) is 5.41 Å². The Bertz CT molecular complexity index is 372. The van der Waals surface area contributed by atoms with Gasteiger partial charge in [0.25, 0.3) is 0 Å². The van der Waals surface area contributed by atoms with E-state index < -0.39 is 10.0 Å². The topological polar surface area (TPSA) is 60.2 Å². The van der Waals surface area contributed by atoms with Crippen LogP contribution in [0.4, 0.5) is 0 Å². The Morgan fingerprint density at radius 3 is 2.15 bits per heavy atom. The van der Waals surface area contributed by atoms with Crippen LogP contribution in [0.2, 0.25) is 0 Å². The van der Waals surface area contributed by atoms with Gasteiger partial charge in [-0.2, -0.15) is 0 Å². The molecule has 0 aromatic heterocycles. The number of hydrogen-bond acceptors (Lipinski definition) is 2. The summed E-state index contributed by atoms with van der Waals surface area (Å²) in [7, 11) is -3.50. The second kappa shape index (κ2) is 6.08. The molecule has 5 heteroatoms. The Hall–Kier alpha value is 0.506. The first kappa shape index (κ1) is 13.5. The van der Waals surface area contributed by atoms with E-state index in [1.807, 2.05) is 18.2 Å².